The van der Waals surface area contributed by atoms with Crippen LogP contribution in [0.25, 0.3) is 0 Å². The number of hydrogen-bond acceptors (Lipinski definition) is 4. The molecular weight excluding hydrogens is 354 g/mol. The normalized spacial score (nSPS) is 10.2. The zero-order valence-electron chi connectivity index (χ0n) is 15.6. The third-order valence-electron chi connectivity index (χ3n) is 3.98. The first-order chi connectivity index (χ1) is 13.7. The van der Waals surface area contributed by atoms with Crippen molar-refractivity contribution < 1.29 is 19.1 Å². The van der Waals surface area contributed by atoms with Crippen molar-refractivity contribution in [1.29, 1.82) is 0 Å². The van der Waals surface area contributed by atoms with Crippen molar-refractivity contribution in [3.8, 4) is 5.75 Å². The second-order valence-electron chi connectivity index (χ2n) is 6.06. The summed E-state index contributed by atoms with van der Waals surface area (Å²) >= 11 is 0. The van der Waals surface area contributed by atoms with Gasteiger partial charge in [0.1, 0.15) is 12.4 Å². The first kappa shape index (κ1) is 19.2. The lowest BCUT2D eigenvalue weighted by molar-refractivity contribution is 0.0526. The van der Waals surface area contributed by atoms with E-state index in [1.807, 2.05) is 30.3 Å². The fraction of sp³-hybridized carbons (Fsp3) is 0.130. The Labute approximate surface area is 163 Å². The minimum Gasteiger partial charge on any atom is -0.489 e. The maximum Gasteiger partial charge on any atom is 0.338 e. The van der Waals surface area contributed by atoms with Crippen molar-refractivity contribution >= 4 is 17.6 Å². The SMILES string of the molecule is CCOC(=O)c1cccc(NC(=O)c2cccc(OCc3ccccc3)c2)c1. The van der Waals surface area contributed by atoms with Crippen molar-refractivity contribution in [2.24, 2.45) is 0 Å². The summed E-state index contributed by atoms with van der Waals surface area (Å²) in [6.45, 7) is 2.47. The first-order valence-corrected chi connectivity index (χ1v) is 9.01. The molecule has 0 aliphatic rings. The number of hydrogen-bond donors (Lipinski definition) is 1. The Morgan fingerprint density at radius 1 is 0.857 bits per heavy atom. The fourth-order valence-corrected chi connectivity index (χ4v) is 2.61. The summed E-state index contributed by atoms with van der Waals surface area (Å²) in [5.74, 6) is -0.0992. The quantitative estimate of drug-likeness (QED) is 0.608. The van der Waals surface area contributed by atoms with Crippen molar-refractivity contribution in [1.82, 2.24) is 0 Å². The first-order valence-electron chi connectivity index (χ1n) is 9.01. The van der Waals surface area contributed by atoms with Crippen LogP contribution < -0.4 is 10.1 Å². The highest BCUT2D eigenvalue weighted by Gasteiger charge is 2.10. The lowest BCUT2D eigenvalue weighted by atomic mass is 10.1. The number of carbonyl (C=O) groups is 2. The molecule has 0 atom stereocenters. The van der Waals surface area contributed by atoms with Gasteiger partial charge in [-0.1, -0.05) is 42.5 Å². The van der Waals surface area contributed by atoms with Crippen LogP contribution in [0.15, 0.2) is 78.9 Å². The Bertz CT molecular complexity index is 954. The van der Waals surface area contributed by atoms with E-state index in [0.29, 0.717) is 35.8 Å². The molecule has 0 saturated carbocycles. The highest BCUT2D eigenvalue weighted by Crippen LogP contribution is 2.18. The molecule has 3 rings (SSSR count). The van der Waals surface area contributed by atoms with Gasteiger partial charge >= 0.3 is 5.97 Å². The third-order valence-corrected chi connectivity index (χ3v) is 3.98. The monoisotopic (exact) mass is 375 g/mol. The Morgan fingerprint density at radius 2 is 1.61 bits per heavy atom. The van der Waals surface area contributed by atoms with E-state index in [9.17, 15) is 9.59 Å². The molecule has 142 valence electrons. The molecule has 0 radical (unpaired) electrons. The van der Waals surface area contributed by atoms with Crippen LogP contribution in [-0.2, 0) is 11.3 Å². The van der Waals surface area contributed by atoms with E-state index in [-0.39, 0.29) is 5.91 Å². The van der Waals surface area contributed by atoms with Crippen LogP contribution in [0.1, 0.15) is 33.2 Å². The zero-order valence-corrected chi connectivity index (χ0v) is 15.6. The van der Waals surface area contributed by atoms with E-state index in [1.165, 1.54) is 0 Å². The number of benzene rings is 3. The zero-order chi connectivity index (χ0) is 19.8. The van der Waals surface area contributed by atoms with Crippen LogP contribution in [0.3, 0.4) is 0 Å². The van der Waals surface area contributed by atoms with Gasteiger partial charge in [0.25, 0.3) is 5.91 Å². The van der Waals surface area contributed by atoms with Gasteiger partial charge in [-0.2, -0.15) is 0 Å². The number of esters is 1. The van der Waals surface area contributed by atoms with E-state index < -0.39 is 5.97 Å². The molecule has 0 aliphatic heterocycles. The molecule has 1 amide bonds. The number of amides is 1. The third kappa shape index (κ3) is 5.20. The second kappa shape index (κ2) is 9.37. The maximum absolute atomic E-state index is 12.6. The van der Waals surface area contributed by atoms with Crippen LogP contribution in [0, 0.1) is 0 Å². The summed E-state index contributed by atoms with van der Waals surface area (Å²) < 4.78 is 10.8. The van der Waals surface area contributed by atoms with Crippen LogP contribution in [-0.4, -0.2) is 18.5 Å². The minimum absolute atomic E-state index is 0.286. The molecule has 0 bridgehead atoms. The largest absolute Gasteiger partial charge is 0.489 e. The Hall–Kier alpha value is -3.60. The molecule has 0 spiro atoms. The molecule has 0 fully saturated rings. The van der Waals surface area contributed by atoms with Gasteiger partial charge in [-0.3, -0.25) is 4.79 Å². The molecule has 0 aliphatic carbocycles. The highest BCUT2D eigenvalue weighted by atomic mass is 16.5. The standard InChI is InChI=1S/C23H21NO4/c1-2-27-23(26)19-11-6-12-20(14-19)24-22(25)18-10-7-13-21(15-18)28-16-17-8-4-3-5-9-17/h3-15H,2,16H2,1H3,(H,24,25). The van der Waals surface area contributed by atoms with Gasteiger partial charge in [0, 0.05) is 11.3 Å². The number of carbonyl (C=O) groups excluding carboxylic acids is 2. The smallest absolute Gasteiger partial charge is 0.338 e. The minimum atomic E-state index is -0.421. The van der Waals surface area contributed by atoms with Gasteiger partial charge in [-0.05, 0) is 48.9 Å². The molecule has 0 unspecified atom stereocenters. The van der Waals surface area contributed by atoms with Gasteiger partial charge in [0.2, 0.25) is 0 Å². The molecule has 28 heavy (non-hydrogen) atoms. The van der Waals surface area contributed by atoms with E-state index in [0.717, 1.165) is 5.56 Å². The molecule has 0 heterocycles. The van der Waals surface area contributed by atoms with Gasteiger partial charge < -0.3 is 14.8 Å². The van der Waals surface area contributed by atoms with E-state index in [1.54, 1.807) is 55.5 Å². The van der Waals surface area contributed by atoms with Gasteiger partial charge in [-0.25, -0.2) is 4.79 Å². The average molecular weight is 375 g/mol. The molecule has 5 nitrogen and oxygen atoms in total. The molecule has 3 aromatic carbocycles. The highest BCUT2D eigenvalue weighted by molar-refractivity contribution is 6.05. The molecule has 5 heteroatoms. The topological polar surface area (TPSA) is 64.6 Å². The number of nitrogens with one attached hydrogen (secondary N) is 1. The maximum atomic E-state index is 12.6. The summed E-state index contributed by atoms with van der Waals surface area (Å²) in [7, 11) is 0. The summed E-state index contributed by atoms with van der Waals surface area (Å²) in [4.78, 5) is 24.4. The number of rotatable bonds is 7. The van der Waals surface area contributed by atoms with Crippen molar-refractivity contribution in [2.45, 2.75) is 13.5 Å². The van der Waals surface area contributed by atoms with Crippen molar-refractivity contribution in [3.05, 3.63) is 95.6 Å². The molecule has 0 aromatic heterocycles. The Kier molecular flexibility index (Phi) is 6.41. The van der Waals surface area contributed by atoms with E-state index >= 15 is 0 Å². The predicted molar refractivity (Wildman–Crippen MR) is 108 cm³/mol. The number of ether oxygens (including phenoxy) is 2. The predicted octanol–water partition coefficient (Wildman–Crippen LogP) is 4.69. The van der Waals surface area contributed by atoms with Gasteiger partial charge in [-0.15, -0.1) is 0 Å². The van der Waals surface area contributed by atoms with Crippen LogP contribution in [0.5, 0.6) is 5.75 Å². The van der Waals surface area contributed by atoms with E-state index in [2.05, 4.69) is 5.32 Å². The van der Waals surface area contributed by atoms with Gasteiger partial charge in [0.05, 0.1) is 12.2 Å². The van der Waals surface area contributed by atoms with Crippen molar-refractivity contribution in [3.63, 3.8) is 0 Å². The summed E-state index contributed by atoms with van der Waals surface area (Å²) in [5.41, 5.74) is 2.42. The second-order valence-corrected chi connectivity index (χ2v) is 6.06. The molecular formula is C23H21NO4. The van der Waals surface area contributed by atoms with Crippen molar-refractivity contribution in [2.75, 3.05) is 11.9 Å². The fourth-order valence-electron chi connectivity index (χ4n) is 2.61. The summed E-state index contributed by atoms with van der Waals surface area (Å²) in [5, 5.41) is 2.79. The van der Waals surface area contributed by atoms with Crippen LogP contribution in [0.4, 0.5) is 5.69 Å². The van der Waals surface area contributed by atoms with Gasteiger partial charge in [0.15, 0.2) is 0 Å². The summed E-state index contributed by atoms with van der Waals surface area (Å²) in [6, 6.07) is 23.4. The Balaban J connectivity index is 1.66. The number of anilines is 1. The Morgan fingerprint density at radius 3 is 2.39 bits per heavy atom. The average Bonchev–Trinajstić information content (AvgIpc) is 2.73. The molecule has 1 N–H and O–H groups in total. The lowest BCUT2D eigenvalue weighted by Crippen LogP contribution is -2.13. The lowest BCUT2D eigenvalue weighted by Gasteiger charge is -2.10. The summed E-state index contributed by atoms with van der Waals surface area (Å²) in [6.07, 6.45) is 0. The van der Waals surface area contributed by atoms with E-state index in [4.69, 9.17) is 9.47 Å². The molecule has 0 saturated heterocycles. The van der Waals surface area contributed by atoms with Crippen LogP contribution >= 0.6 is 0 Å². The molecule has 3 aromatic rings. The van der Waals surface area contributed by atoms with Crippen LogP contribution in [0.2, 0.25) is 0 Å².